The number of pyridine rings is 1. The van der Waals surface area contributed by atoms with Crippen molar-refractivity contribution in [2.75, 3.05) is 13.1 Å². The maximum atomic E-state index is 10.7. The molecule has 1 aliphatic carbocycles. The third kappa shape index (κ3) is 2.93. The number of halogens is 1. The Hall–Kier alpha value is -0.640. The zero-order valence-electron chi connectivity index (χ0n) is 11.2. The molecular weight excluding hydrogens is 260 g/mol. The summed E-state index contributed by atoms with van der Waals surface area (Å²) in [6.07, 6.45) is 5.49. The molecule has 0 amide bonds. The van der Waals surface area contributed by atoms with Crippen LogP contribution in [0.2, 0.25) is 5.15 Å². The molecule has 0 bridgehead atoms. The maximum absolute atomic E-state index is 10.7. The molecule has 2 fully saturated rings. The Kier molecular flexibility index (Phi) is 3.79. The van der Waals surface area contributed by atoms with Gasteiger partial charge < -0.3 is 5.11 Å². The van der Waals surface area contributed by atoms with Crippen LogP contribution in [0.4, 0.5) is 0 Å². The summed E-state index contributed by atoms with van der Waals surface area (Å²) in [4.78, 5) is 6.76. The number of hydrogen-bond acceptors (Lipinski definition) is 3. The first-order valence-electron chi connectivity index (χ1n) is 7.22. The van der Waals surface area contributed by atoms with Crippen LogP contribution < -0.4 is 0 Å². The minimum atomic E-state index is -0.392. The Morgan fingerprint density at radius 3 is 3.11 bits per heavy atom. The third-order valence-corrected chi connectivity index (χ3v) is 4.88. The third-order valence-electron chi connectivity index (χ3n) is 4.67. The molecule has 2 unspecified atom stereocenters. The zero-order valence-corrected chi connectivity index (χ0v) is 11.9. The number of rotatable bonds is 2. The van der Waals surface area contributed by atoms with Gasteiger partial charge in [0.1, 0.15) is 5.15 Å². The van der Waals surface area contributed by atoms with Crippen molar-refractivity contribution < 1.29 is 5.11 Å². The Morgan fingerprint density at radius 1 is 1.37 bits per heavy atom. The van der Waals surface area contributed by atoms with Gasteiger partial charge in [-0.1, -0.05) is 30.5 Å². The standard InChI is InChI=1S/C15H21ClN2O/c16-14-6-3-5-13(17-14)11-18-9-8-15(19)7-2-1-4-12(15)10-18/h3,5-6,12,19H,1-2,4,7-11H2. The Balaban J connectivity index is 1.65. The summed E-state index contributed by atoms with van der Waals surface area (Å²) in [7, 11) is 0. The lowest BCUT2D eigenvalue weighted by Gasteiger charge is -2.47. The second-order valence-electron chi connectivity index (χ2n) is 5.98. The Bertz CT molecular complexity index is 454. The highest BCUT2D eigenvalue weighted by Gasteiger charge is 2.42. The van der Waals surface area contributed by atoms with Crippen LogP contribution in [-0.2, 0) is 6.54 Å². The monoisotopic (exact) mass is 280 g/mol. The molecule has 2 aliphatic rings. The van der Waals surface area contributed by atoms with Gasteiger partial charge in [0, 0.05) is 25.6 Å². The summed E-state index contributed by atoms with van der Waals surface area (Å²) in [5.74, 6) is 0.439. The molecule has 2 atom stereocenters. The normalized spacial score (nSPS) is 32.0. The molecule has 1 N–H and O–H groups in total. The van der Waals surface area contributed by atoms with Gasteiger partial charge in [-0.05, 0) is 31.4 Å². The first-order chi connectivity index (χ1) is 9.16. The highest BCUT2D eigenvalue weighted by molar-refractivity contribution is 6.29. The lowest BCUT2D eigenvalue weighted by atomic mass is 9.71. The molecule has 1 saturated heterocycles. The van der Waals surface area contributed by atoms with E-state index in [4.69, 9.17) is 11.6 Å². The molecule has 2 heterocycles. The Labute approximate surface area is 119 Å². The molecule has 19 heavy (non-hydrogen) atoms. The van der Waals surface area contributed by atoms with Crippen molar-refractivity contribution in [2.45, 2.75) is 44.2 Å². The van der Waals surface area contributed by atoms with Gasteiger partial charge in [0.2, 0.25) is 0 Å². The smallest absolute Gasteiger partial charge is 0.129 e. The molecular formula is C15H21ClN2O. The number of likely N-dealkylation sites (tertiary alicyclic amines) is 1. The van der Waals surface area contributed by atoms with E-state index in [0.717, 1.165) is 44.6 Å². The van der Waals surface area contributed by atoms with Crippen LogP contribution in [0.15, 0.2) is 18.2 Å². The highest BCUT2D eigenvalue weighted by atomic mass is 35.5. The predicted molar refractivity (Wildman–Crippen MR) is 76.0 cm³/mol. The molecule has 104 valence electrons. The van der Waals surface area contributed by atoms with Gasteiger partial charge in [0.25, 0.3) is 0 Å². The van der Waals surface area contributed by atoms with Crippen molar-refractivity contribution in [1.29, 1.82) is 0 Å². The fraction of sp³-hybridized carbons (Fsp3) is 0.667. The number of nitrogens with zero attached hydrogens (tertiary/aromatic N) is 2. The number of hydrogen-bond donors (Lipinski definition) is 1. The summed E-state index contributed by atoms with van der Waals surface area (Å²) in [5, 5.41) is 11.2. The fourth-order valence-corrected chi connectivity index (χ4v) is 3.73. The first kappa shape index (κ1) is 13.3. The summed E-state index contributed by atoms with van der Waals surface area (Å²) in [6, 6.07) is 5.78. The number of piperidine rings is 1. The predicted octanol–water partition coefficient (Wildman–Crippen LogP) is 2.86. The summed E-state index contributed by atoms with van der Waals surface area (Å²) in [6.45, 7) is 2.79. The molecule has 0 spiro atoms. The summed E-state index contributed by atoms with van der Waals surface area (Å²) in [5.41, 5.74) is 0.630. The lowest BCUT2D eigenvalue weighted by molar-refractivity contribution is -0.0969. The van der Waals surface area contributed by atoms with E-state index in [1.54, 1.807) is 6.07 Å². The first-order valence-corrected chi connectivity index (χ1v) is 7.60. The van der Waals surface area contributed by atoms with Crippen molar-refractivity contribution in [2.24, 2.45) is 5.92 Å². The topological polar surface area (TPSA) is 36.4 Å². The minimum absolute atomic E-state index is 0.392. The van der Waals surface area contributed by atoms with E-state index in [0.29, 0.717) is 11.1 Å². The fourth-order valence-electron chi connectivity index (χ4n) is 3.55. The van der Waals surface area contributed by atoms with Crippen molar-refractivity contribution in [3.8, 4) is 0 Å². The van der Waals surface area contributed by atoms with Crippen molar-refractivity contribution in [3.63, 3.8) is 0 Å². The van der Waals surface area contributed by atoms with Gasteiger partial charge in [0.15, 0.2) is 0 Å². The van der Waals surface area contributed by atoms with Gasteiger partial charge in [-0.25, -0.2) is 4.98 Å². The maximum Gasteiger partial charge on any atom is 0.129 e. The lowest BCUT2D eigenvalue weighted by Crippen LogP contribution is -2.53. The quantitative estimate of drug-likeness (QED) is 0.847. The number of aliphatic hydroxyl groups is 1. The van der Waals surface area contributed by atoms with E-state index in [9.17, 15) is 5.11 Å². The van der Waals surface area contributed by atoms with Gasteiger partial charge in [-0.15, -0.1) is 0 Å². The molecule has 0 radical (unpaired) electrons. The Morgan fingerprint density at radius 2 is 2.26 bits per heavy atom. The highest BCUT2D eigenvalue weighted by Crippen LogP contribution is 2.39. The van der Waals surface area contributed by atoms with Crippen molar-refractivity contribution in [3.05, 3.63) is 29.0 Å². The van der Waals surface area contributed by atoms with Crippen molar-refractivity contribution >= 4 is 11.6 Å². The second-order valence-corrected chi connectivity index (χ2v) is 6.37. The van der Waals surface area contributed by atoms with Crippen LogP contribution in [0.1, 0.15) is 37.8 Å². The van der Waals surface area contributed by atoms with Crippen LogP contribution >= 0.6 is 11.6 Å². The van der Waals surface area contributed by atoms with Crippen molar-refractivity contribution in [1.82, 2.24) is 9.88 Å². The SMILES string of the molecule is OC12CCCCC1CN(Cc1cccc(Cl)n1)CC2. The van der Waals surface area contributed by atoms with Gasteiger partial charge >= 0.3 is 0 Å². The van der Waals surface area contributed by atoms with Crippen LogP contribution in [-0.4, -0.2) is 33.7 Å². The van der Waals surface area contributed by atoms with E-state index in [1.165, 1.54) is 12.8 Å². The van der Waals surface area contributed by atoms with Gasteiger partial charge in [-0.2, -0.15) is 0 Å². The van der Waals surface area contributed by atoms with Crippen LogP contribution in [0.25, 0.3) is 0 Å². The molecule has 1 saturated carbocycles. The summed E-state index contributed by atoms with van der Waals surface area (Å²) >= 11 is 5.93. The number of aromatic nitrogens is 1. The zero-order chi connectivity index (χ0) is 13.3. The molecule has 1 aliphatic heterocycles. The molecule has 3 rings (SSSR count). The van der Waals surface area contributed by atoms with E-state index in [2.05, 4.69) is 9.88 Å². The summed E-state index contributed by atoms with van der Waals surface area (Å²) < 4.78 is 0. The molecule has 4 heteroatoms. The average Bonchev–Trinajstić information content (AvgIpc) is 2.39. The molecule has 1 aromatic heterocycles. The van der Waals surface area contributed by atoms with Gasteiger partial charge in [-0.3, -0.25) is 4.90 Å². The van der Waals surface area contributed by atoms with E-state index >= 15 is 0 Å². The van der Waals surface area contributed by atoms with E-state index < -0.39 is 5.60 Å². The van der Waals surface area contributed by atoms with Crippen LogP contribution in [0.5, 0.6) is 0 Å². The van der Waals surface area contributed by atoms with Crippen LogP contribution in [0.3, 0.4) is 0 Å². The molecule has 1 aromatic rings. The van der Waals surface area contributed by atoms with E-state index in [-0.39, 0.29) is 0 Å². The second kappa shape index (κ2) is 5.39. The molecule has 0 aromatic carbocycles. The largest absolute Gasteiger partial charge is 0.390 e. The average molecular weight is 281 g/mol. The van der Waals surface area contributed by atoms with Crippen LogP contribution in [0, 0.1) is 5.92 Å². The van der Waals surface area contributed by atoms with Gasteiger partial charge in [0.05, 0.1) is 11.3 Å². The minimum Gasteiger partial charge on any atom is -0.390 e. The molecule has 3 nitrogen and oxygen atoms in total. The number of fused-ring (bicyclic) bond motifs is 1. The van der Waals surface area contributed by atoms with E-state index in [1.807, 2.05) is 12.1 Å².